The number of imidazole rings is 1. The van der Waals surface area contributed by atoms with Crippen molar-refractivity contribution in [2.24, 2.45) is 5.16 Å². The molecule has 2 atom stereocenters. The second-order valence-corrected chi connectivity index (χ2v) is 10.3. The molecule has 194 valence electrons. The zero-order valence-electron chi connectivity index (χ0n) is 19.9. The lowest BCUT2D eigenvalue weighted by Crippen LogP contribution is -2.71. The quantitative estimate of drug-likeness (QED) is 0.153. The first kappa shape index (κ1) is 25.2. The van der Waals surface area contributed by atoms with E-state index in [0.29, 0.717) is 16.9 Å². The fraction of sp³-hybridized carbons (Fsp3) is 0.261. The number of nitrogen functional groups attached to an aromatic ring is 1. The second kappa shape index (κ2) is 10.1. The first-order valence-electron chi connectivity index (χ1n) is 11.3. The summed E-state index contributed by atoms with van der Waals surface area (Å²) in [6, 6.07) is 4.59. The molecule has 0 bridgehead atoms. The van der Waals surface area contributed by atoms with Crippen LogP contribution in [0.5, 0.6) is 0 Å². The van der Waals surface area contributed by atoms with Crippen LogP contribution in [0, 0.1) is 11.3 Å². The van der Waals surface area contributed by atoms with Crippen LogP contribution in [-0.2, 0) is 25.8 Å². The molecule has 2 aliphatic rings. The Kier molecular flexibility index (Phi) is 6.74. The number of aromatic nitrogens is 3. The van der Waals surface area contributed by atoms with Crippen LogP contribution in [0.2, 0.25) is 0 Å². The van der Waals surface area contributed by atoms with Crippen molar-refractivity contribution < 1.29 is 28.9 Å². The molecule has 15 heteroatoms. The van der Waals surface area contributed by atoms with Gasteiger partial charge in [0.2, 0.25) is 0 Å². The van der Waals surface area contributed by atoms with E-state index in [0.717, 1.165) is 17.0 Å². The minimum absolute atomic E-state index is 0.0970. The monoisotopic (exact) mass is 553 g/mol. The third-order valence-electron chi connectivity index (χ3n) is 5.95. The standard InChI is InChI=1S/C23H20N8O5S2/c1-2-36-28-16(14-11-38-23(25)26-14)19(32)27-17-20(33)31-18(22(34)35)13(10-37-21(17)31)9-30-6-5-29-8-12(7-24)3-4-15(29)30/h3-6,8,11,17,21H,2,9-10H2,1H3,(H3-,25,26,27,32,34,35)/p+1/t17-,21+/m1/s1. The number of β-lactam (4-membered cyclic amide) rings is 1. The molecule has 4 N–H and O–H groups in total. The third-order valence-corrected chi connectivity index (χ3v) is 7.96. The first-order chi connectivity index (χ1) is 18.3. The summed E-state index contributed by atoms with van der Waals surface area (Å²) in [4.78, 5) is 48.7. The summed E-state index contributed by atoms with van der Waals surface area (Å²) in [6.07, 6.45) is 5.23. The number of amides is 2. The minimum Gasteiger partial charge on any atom is -0.477 e. The van der Waals surface area contributed by atoms with Crippen molar-refractivity contribution in [2.45, 2.75) is 24.9 Å². The molecule has 38 heavy (non-hydrogen) atoms. The molecule has 0 unspecified atom stereocenters. The van der Waals surface area contributed by atoms with Gasteiger partial charge >= 0.3 is 5.97 Å². The summed E-state index contributed by atoms with van der Waals surface area (Å²) in [7, 11) is 0. The van der Waals surface area contributed by atoms with Crippen molar-refractivity contribution in [1.29, 1.82) is 5.26 Å². The van der Waals surface area contributed by atoms with Crippen molar-refractivity contribution in [2.75, 3.05) is 18.1 Å². The maximum atomic E-state index is 13.1. The van der Waals surface area contributed by atoms with Crippen molar-refractivity contribution in [1.82, 2.24) is 19.6 Å². The Morgan fingerprint density at radius 2 is 2.26 bits per heavy atom. The number of thiazole rings is 1. The number of carboxylic acids is 1. The van der Waals surface area contributed by atoms with E-state index in [1.807, 2.05) is 4.57 Å². The predicted molar refractivity (Wildman–Crippen MR) is 137 cm³/mol. The van der Waals surface area contributed by atoms with E-state index in [-0.39, 0.29) is 35.4 Å². The van der Waals surface area contributed by atoms with Crippen LogP contribution < -0.4 is 15.6 Å². The van der Waals surface area contributed by atoms with E-state index in [2.05, 4.69) is 21.5 Å². The molecule has 3 aromatic rings. The van der Waals surface area contributed by atoms with Gasteiger partial charge in [-0.3, -0.25) is 14.5 Å². The number of anilines is 1. The SMILES string of the molecule is CCON=C(C(=O)N[C@@H]1C(=O)N2C(C(=O)O)=C(C[n+]3ccn4cc(C#N)ccc43)CS[C@@H]12)c1csc(N)n1. The van der Waals surface area contributed by atoms with E-state index in [1.54, 1.807) is 47.4 Å². The molecular formula is C23H21N8O5S2+. The predicted octanol–water partition coefficient (Wildman–Crippen LogP) is 0.317. The van der Waals surface area contributed by atoms with Crippen molar-refractivity contribution >= 4 is 57.4 Å². The number of carbonyl (C=O) groups is 3. The van der Waals surface area contributed by atoms with Gasteiger partial charge in [0.05, 0.1) is 5.56 Å². The van der Waals surface area contributed by atoms with Gasteiger partial charge in [-0.15, -0.1) is 23.1 Å². The molecule has 0 radical (unpaired) electrons. The van der Waals surface area contributed by atoms with Crippen LogP contribution in [0.4, 0.5) is 5.13 Å². The lowest BCUT2D eigenvalue weighted by molar-refractivity contribution is -0.662. The lowest BCUT2D eigenvalue weighted by Gasteiger charge is -2.49. The van der Waals surface area contributed by atoms with Crippen LogP contribution in [0.3, 0.4) is 0 Å². The smallest absolute Gasteiger partial charge is 0.352 e. The average Bonchev–Trinajstić information content (AvgIpc) is 3.52. The Morgan fingerprint density at radius 3 is 2.95 bits per heavy atom. The number of fused-ring (bicyclic) bond motifs is 2. The number of carboxylic acid groups (broad SMARTS) is 1. The molecule has 3 aromatic heterocycles. The molecule has 2 amide bonds. The van der Waals surface area contributed by atoms with Gasteiger partial charge in [0.25, 0.3) is 17.5 Å². The summed E-state index contributed by atoms with van der Waals surface area (Å²) in [5.74, 6) is -2.10. The van der Waals surface area contributed by atoms with Gasteiger partial charge in [0.1, 0.15) is 60.6 Å². The molecule has 5 heterocycles. The summed E-state index contributed by atoms with van der Waals surface area (Å²) in [5.41, 5.74) is 7.48. The fourth-order valence-electron chi connectivity index (χ4n) is 4.25. The molecule has 0 aliphatic carbocycles. The highest BCUT2D eigenvalue weighted by Gasteiger charge is 2.54. The van der Waals surface area contributed by atoms with Crippen LogP contribution in [-0.4, -0.2) is 66.7 Å². The number of nitrogens with one attached hydrogen (secondary N) is 1. The van der Waals surface area contributed by atoms with Crippen LogP contribution >= 0.6 is 23.1 Å². The van der Waals surface area contributed by atoms with Gasteiger partial charge in [0, 0.05) is 22.8 Å². The minimum atomic E-state index is -1.23. The van der Waals surface area contributed by atoms with E-state index in [4.69, 9.17) is 15.8 Å². The number of hydrogen-bond donors (Lipinski definition) is 3. The molecule has 1 fully saturated rings. The number of carbonyl (C=O) groups excluding carboxylic acids is 2. The van der Waals surface area contributed by atoms with E-state index >= 15 is 0 Å². The van der Waals surface area contributed by atoms with Gasteiger partial charge in [-0.2, -0.15) is 5.26 Å². The number of thioether (sulfide) groups is 1. The number of hydrogen-bond acceptors (Lipinski definition) is 10. The summed E-state index contributed by atoms with van der Waals surface area (Å²) in [6.45, 7) is 2.16. The zero-order valence-corrected chi connectivity index (χ0v) is 21.5. The molecule has 5 rings (SSSR count). The molecule has 0 aromatic carbocycles. The fourth-order valence-corrected chi connectivity index (χ4v) is 6.13. The Balaban J connectivity index is 1.37. The van der Waals surface area contributed by atoms with Crippen molar-refractivity contribution in [3.8, 4) is 6.07 Å². The number of rotatable bonds is 8. The van der Waals surface area contributed by atoms with Crippen molar-refractivity contribution in [3.05, 3.63) is 58.6 Å². The summed E-state index contributed by atoms with van der Waals surface area (Å²) >= 11 is 2.49. The highest BCUT2D eigenvalue weighted by atomic mass is 32.2. The second-order valence-electron chi connectivity index (χ2n) is 8.27. The van der Waals surface area contributed by atoms with Crippen LogP contribution in [0.25, 0.3) is 5.65 Å². The van der Waals surface area contributed by atoms with E-state index in [1.165, 1.54) is 16.7 Å². The molecule has 2 aliphatic heterocycles. The first-order valence-corrected chi connectivity index (χ1v) is 13.3. The number of aliphatic carboxylic acids is 1. The normalized spacial score (nSPS) is 19.1. The molecule has 13 nitrogen and oxygen atoms in total. The van der Waals surface area contributed by atoms with E-state index < -0.39 is 29.2 Å². The Labute approximate surface area is 223 Å². The zero-order chi connectivity index (χ0) is 27.0. The Morgan fingerprint density at radius 1 is 1.45 bits per heavy atom. The maximum absolute atomic E-state index is 13.1. The Bertz CT molecular complexity index is 1570. The highest BCUT2D eigenvalue weighted by Crippen LogP contribution is 2.40. The number of nitrogens with two attached hydrogens (primary N) is 1. The molecule has 1 saturated heterocycles. The summed E-state index contributed by atoms with van der Waals surface area (Å²) in [5, 5.41) is 26.8. The van der Waals surface area contributed by atoms with Gasteiger partial charge < -0.3 is 21.0 Å². The molecule has 0 spiro atoms. The number of nitriles is 1. The van der Waals surface area contributed by atoms with E-state index in [9.17, 15) is 19.5 Å². The lowest BCUT2D eigenvalue weighted by atomic mass is 10.0. The average molecular weight is 554 g/mol. The topological polar surface area (TPSA) is 179 Å². The van der Waals surface area contributed by atoms with Gasteiger partial charge in [0.15, 0.2) is 10.8 Å². The van der Waals surface area contributed by atoms with Crippen LogP contribution in [0.15, 0.2) is 52.5 Å². The number of oxime groups is 1. The van der Waals surface area contributed by atoms with Crippen molar-refractivity contribution in [3.63, 3.8) is 0 Å². The molecule has 0 saturated carbocycles. The number of nitrogens with zero attached hydrogens (tertiary/aromatic N) is 6. The number of pyridine rings is 1. The highest BCUT2D eigenvalue weighted by molar-refractivity contribution is 8.00. The van der Waals surface area contributed by atoms with Gasteiger partial charge in [-0.25, -0.2) is 18.7 Å². The van der Waals surface area contributed by atoms with Crippen LogP contribution in [0.1, 0.15) is 18.2 Å². The largest absolute Gasteiger partial charge is 0.477 e. The third kappa shape index (κ3) is 4.44. The van der Waals surface area contributed by atoms with Gasteiger partial charge in [-0.05, 0) is 13.0 Å². The maximum Gasteiger partial charge on any atom is 0.352 e. The molecular weight excluding hydrogens is 532 g/mol. The Hall–Kier alpha value is -4.42. The van der Waals surface area contributed by atoms with Gasteiger partial charge in [-0.1, -0.05) is 5.16 Å². The summed E-state index contributed by atoms with van der Waals surface area (Å²) < 4.78 is 3.62.